The lowest BCUT2D eigenvalue weighted by atomic mass is 10.0. The smallest absolute Gasteiger partial charge is 0.262 e. The molecule has 3 aliphatic rings. The maximum Gasteiger partial charge on any atom is 0.262 e. The zero-order valence-corrected chi connectivity index (χ0v) is 15.5. The SMILES string of the molecule is CC1(F)CNCCN(c2ccc3c(c2)C(=O)N(C2CCC(=O)NC2=O)C3=O)C1. The van der Waals surface area contributed by atoms with Crippen LogP contribution in [0.3, 0.4) is 0 Å². The first kappa shape index (κ1) is 18.5. The minimum atomic E-state index is -1.42. The number of nitrogens with one attached hydrogen (secondary N) is 2. The molecule has 2 saturated heterocycles. The molecule has 3 heterocycles. The highest BCUT2D eigenvalue weighted by molar-refractivity contribution is 6.23. The molecule has 0 radical (unpaired) electrons. The third kappa shape index (κ3) is 3.15. The van der Waals surface area contributed by atoms with Crippen LogP contribution in [0.25, 0.3) is 0 Å². The van der Waals surface area contributed by atoms with Gasteiger partial charge in [0.1, 0.15) is 11.7 Å². The van der Waals surface area contributed by atoms with Crippen molar-refractivity contribution in [3.63, 3.8) is 0 Å². The molecule has 4 rings (SSSR count). The van der Waals surface area contributed by atoms with Gasteiger partial charge in [0.15, 0.2) is 0 Å². The van der Waals surface area contributed by atoms with Crippen LogP contribution in [0.5, 0.6) is 0 Å². The van der Waals surface area contributed by atoms with Crippen molar-refractivity contribution in [2.45, 2.75) is 31.5 Å². The van der Waals surface area contributed by atoms with Crippen LogP contribution in [0.1, 0.15) is 40.5 Å². The van der Waals surface area contributed by atoms with Crippen LogP contribution in [0.15, 0.2) is 18.2 Å². The number of hydrogen-bond acceptors (Lipinski definition) is 6. The number of amides is 4. The van der Waals surface area contributed by atoms with E-state index in [9.17, 15) is 23.6 Å². The summed E-state index contributed by atoms with van der Waals surface area (Å²) in [4.78, 5) is 51.9. The van der Waals surface area contributed by atoms with Crippen LogP contribution in [0, 0.1) is 0 Å². The van der Waals surface area contributed by atoms with E-state index in [4.69, 9.17) is 0 Å². The Morgan fingerprint density at radius 1 is 1.14 bits per heavy atom. The van der Waals surface area contributed by atoms with Gasteiger partial charge in [-0.3, -0.25) is 29.4 Å². The van der Waals surface area contributed by atoms with E-state index in [0.29, 0.717) is 18.8 Å². The molecule has 2 atom stereocenters. The van der Waals surface area contributed by atoms with Gasteiger partial charge in [0.05, 0.1) is 17.7 Å². The van der Waals surface area contributed by atoms with Gasteiger partial charge in [-0.05, 0) is 31.5 Å². The van der Waals surface area contributed by atoms with E-state index in [-0.39, 0.29) is 37.1 Å². The summed E-state index contributed by atoms with van der Waals surface area (Å²) >= 11 is 0. The number of carbonyl (C=O) groups excluding carboxylic acids is 4. The molecular weight excluding hydrogens is 367 g/mol. The molecule has 4 amide bonds. The second-order valence-electron chi connectivity index (χ2n) is 7.69. The Bertz CT molecular complexity index is 885. The summed E-state index contributed by atoms with van der Waals surface area (Å²) < 4.78 is 14.6. The number of hydrogen-bond donors (Lipinski definition) is 2. The highest BCUT2D eigenvalue weighted by atomic mass is 19.1. The van der Waals surface area contributed by atoms with E-state index in [1.807, 2.05) is 4.90 Å². The predicted octanol–water partition coefficient (Wildman–Crippen LogP) is 0.226. The van der Waals surface area contributed by atoms with Crippen LogP contribution in [-0.4, -0.2) is 66.4 Å². The van der Waals surface area contributed by atoms with Crippen LogP contribution in [0.2, 0.25) is 0 Å². The van der Waals surface area contributed by atoms with Crippen LogP contribution in [0.4, 0.5) is 10.1 Å². The monoisotopic (exact) mass is 388 g/mol. The molecule has 2 N–H and O–H groups in total. The largest absolute Gasteiger partial charge is 0.367 e. The van der Waals surface area contributed by atoms with Crippen molar-refractivity contribution < 1.29 is 23.6 Å². The number of halogens is 1. The van der Waals surface area contributed by atoms with Gasteiger partial charge in [-0.25, -0.2) is 4.39 Å². The van der Waals surface area contributed by atoms with Crippen molar-refractivity contribution in [2.75, 3.05) is 31.1 Å². The number of alkyl halides is 1. The maximum absolute atomic E-state index is 14.6. The van der Waals surface area contributed by atoms with E-state index in [0.717, 1.165) is 4.90 Å². The molecule has 9 heteroatoms. The zero-order chi connectivity index (χ0) is 20.1. The summed E-state index contributed by atoms with van der Waals surface area (Å²) in [5.41, 5.74) is -0.356. The van der Waals surface area contributed by atoms with E-state index in [1.54, 1.807) is 18.2 Å². The number of nitrogens with zero attached hydrogens (tertiary/aromatic N) is 2. The lowest BCUT2D eigenvalue weighted by Gasteiger charge is -2.28. The molecule has 0 saturated carbocycles. The molecule has 1 aromatic rings. The summed E-state index contributed by atoms with van der Waals surface area (Å²) in [6, 6.07) is 3.83. The van der Waals surface area contributed by atoms with Gasteiger partial charge in [-0.15, -0.1) is 0 Å². The highest BCUT2D eigenvalue weighted by Gasteiger charge is 2.44. The Kier molecular flexibility index (Phi) is 4.41. The zero-order valence-electron chi connectivity index (χ0n) is 15.5. The number of rotatable bonds is 2. The second kappa shape index (κ2) is 6.66. The number of benzene rings is 1. The van der Waals surface area contributed by atoms with Crippen molar-refractivity contribution in [3.05, 3.63) is 29.3 Å². The molecule has 2 fully saturated rings. The van der Waals surface area contributed by atoms with E-state index in [1.165, 1.54) is 6.92 Å². The summed E-state index contributed by atoms with van der Waals surface area (Å²) in [5.74, 6) is -2.16. The minimum Gasteiger partial charge on any atom is -0.367 e. The van der Waals surface area contributed by atoms with Crippen molar-refractivity contribution in [2.24, 2.45) is 0 Å². The molecule has 0 spiro atoms. The molecule has 0 aliphatic carbocycles. The standard InChI is InChI=1S/C19H21FN4O4/c1-19(20)9-21-6-7-23(10-19)11-2-3-12-13(8-11)18(28)24(17(12)27)14-4-5-15(25)22-16(14)26/h2-3,8,14,21H,4-7,9-10H2,1H3,(H,22,25,26). The molecule has 148 valence electrons. The summed E-state index contributed by atoms with van der Waals surface area (Å²) in [5, 5.41) is 5.22. The van der Waals surface area contributed by atoms with E-state index >= 15 is 0 Å². The van der Waals surface area contributed by atoms with Gasteiger partial charge in [-0.2, -0.15) is 0 Å². The van der Waals surface area contributed by atoms with Crippen molar-refractivity contribution in [1.29, 1.82) is 0 Å². The van der Waals surface area contributed by atoms with Gasteiger partial charge >= 0.3 is 0 Å². The Labute approximate surface area is 161 Å². The molecular formula is C19H21FN4O4. The Balaban J connectivity index is 1.62. The Morgan fingerprint density at radius 2 is 1.89 bits per heavy atom. The summed E-state index contributed by atoms with van der Waals surface area (Å²) in [7, 11) is 0. The second-order valence-corrected chi connectivity index (χ2v) is 7.69. The summed E-state index contributed by atoms with van der Waals surface area (Å²) in [6.07, 6.45) is 0.186. The fourth-order valence-electron chi connectivity index (χ4n) is 3.97. The van der Waals surface area contributed by atoms with Gasteiger partial charge in [0.25, 0.3) is 11.8 Å². The average molecular weight is 388 g/mol. The molecule has 1 aromatic carbocycles. The molecule has 28 heavy (non-hydrogen) atoms. The number of anilines is 1. The quantitative estimate of drug-likeness (QED) is 0.704. The molecule has 0 bridgehead atoms. The molecule has 8 nitrogen and oxygen atoms in total. The first-order valence-electron chi connectivity index (χ1n) is 9.27. The normalized spacial score (nSPS) is 28.3. The third-order valence-electron chi connectivity index (χ3n) is 5.36. The topological polar surface area (TPSA) is 98.8 Å². The number of fused-ring (bicyclic) bond motifs is 1. The van der Waals surface area contributed by atoms with Crippen LogP contribution < -0.4 is 15.5 Å². The first-order valence-corrected chi connectivity index (χ1v) is 9.27. The Morgan fingerprint density at radius 3 is 2.64 bits per heavy atom. The maximum atomic E-state index is 14.6. The lowest BCUT2D eigenvalue weighted by Crippen LogP contribution is -2.54. The lowest BCUT2D eigenvalue weighted by molar-refractivity contribution is -0.136. The van der Waals surface area contributed by atoms with Gasteiger partial charge in [0, 0.05) is 31.7 Å². The molecule has 2 unspecified atom stereocenters. The van der Waals surface area contributed by atoms with E-state index < -0.39 is 35.3 Å². The van der Waals surface area contributed by atoms with Crippen LogP contribution >= 0.6 is 0 Å². The highest BCUT2D eigenvalue weighted by Crippen LogP contribution is 2.31. The van der Waals surface area contributed by atoms with Crippen molar-refractivity contribution in [3.8, 4) is 0 Å². The third-order valence-corrected chi connectivity index (χ3v) is 5.36. The fourth-order valence-corrected chi connectivity index (χ4v) is 3.97. The average Bonchev–Trinajstić information content (AvgIpc) is 2.77. The minimum absolute atomic E-state index is 0.0743. The Hall–Kier alpha value is -2.81. The van der Waals surface area contributed by atoms with Crippen molar-refractivity contribution >= 4 is 29.3 Å². The number of carbonyl (C=O) groups is 4. The first-order chi connectivity index (χ1) is 13.3. The number of imide groups is 2. The molecule has 0 aromatic heterocycles. The van der Waals surface area contributed by atoms with Gasteiger partial charge in [0.2, 0.25) is 11.8 Å². The van der Waals surface area contributed by atoms with E-state index in [2.05, 4.69) is 10.6 Å². The summed E-state index contributed by atoms with van der Waals surface area (Å²) in [6.45, 7) is 3.10. The number of piperidine rings is 1. The molecule has 3 aliphatic heterocycles. The predicted molar refractivity (Wildman–Crippen MR) is 97.7 cm³/mol. The van der Waals surface area contributed by atoms with Crippen LogP contribution in [-0.2, 0) is 9.59 Å². The van der Waals surface area contributed by atoms with Crippen molar-refractivity contribution in [1.82, 2.24) is 15.5 Å². The fraction of sp³-hybridized carbons (Fsp3) is 0.474. The van der Waals surface area contributed by atoms with Gasteiger partial charge in [-0.1, -0.05) is 0 Å². The van der Waals surface area contributed by atoms with Gasteiger partial charge < -0.3 is 10.2 Å².